The van der Waals surface area contributed by atoms with E-state index in [-0.39, 0.29) is 0 Å². The second-order valence-corrected chi connectivity index (χ2v) is 2.10. The molecule has 0 spiro atoms. The minimum absolute atomic E-state index is 0.856. The highest BCUT2D eigenvalue weighted by Gasteiger charge is 2.04. The molecule has 0 saturated carbocycles. The van der Waals surface area contributed by atoms with E-state index < -0.39 is 0 Å². The van der Waals surface area contributed by atoms with E-state index in [9.17, 15) is 0 Å². The first kappa shape index (κ1) is 6.86. The fourth-order valence-electron chi connectivity index (χ4n) is 0.692. The smallest absolute Gasteiger partial charge is 0.139 e. The Hall–Kier alpha value is -1.25. The SMILES string of the molecule is C=C1C=CC(=NC)NN1C. The van der Waals surface area contributed by atoms with E-state index in [1.54, 1.807) is 7.05 Å². The number of nitrogens with zero attached hydrogens (tertiary/aromatic N) is 2. The quantitative estimate of drug-likeness (QED) is 0.527. The summed E-state index contributed by atoms with van der Waals surface area (Å²) in [5.41, 5.74) is 3.95. The summed E-state index contributed by atoms with van der Waals surface area (Å²) in [6.07, 6.45) is 3.81. The maximum absolute atomic E-state index is 3.97. The lowest BCUT2D eigenvalue weighted by atomic mass is 10.3. The average Bonchev–Trinajstić information content (AvgIpc) is 1.95. The van der Waals surface area contributed by atoms with Gasteiger partial charge in [0.25, 0.3) is 0 Å². The predicted molar refractivity (Wildman–Crippen MR) is 42.5 cm³/mol. The summed E-state index contributed by atoms with van der Waals surface area (Å²) in [5, 5.41) is 1.82. The summed E-state index contributed by atoms with van der Waals surface area (Å²) in [5.74, 6) is 0.856. The van der Waals surface area contributed by atoms with Crippen molar-refractivity contribution in [3.05, 3.63) is 24.4 Å². The highest BCUT2D eigenvalue weighted by molar-refractivity contribution is 5.93. The lowest BCUT2D eigenvalue weighted by Gasteiger charge is -2.24. The van der Waals surface area contributed by atoms with Crippen LogP contribution in [0.25, 0.3) is 0 Å². The van der Waals surface area contributed by atoms with Gasteiger partial charge in [0, 0.05) is 19.8 Å². The van der Waals surface area contributed by atoms with Crippen LogP contribution in [0.4, 0.5) is 0 Å². The molecule has 1 rings (SSSR count). The zero-order valence-corrected chi connectivity index (χ0v) is 6.26. The van der Waals surface area contributed by atoms with Crippen LogP contribution < -0.4 is 5.43 Å². The molecule has 0 radical (unpaired) electrons. The zero-order chi connectivity index (χ0) is 7.56. The van der Waals surface area contributed by atoms with E-state index in [4.69, 9.17) is 0 Å². The maximum atomic E-state index is 3.97. The van der Waals surface area contributed by atoms with E-state index in [1.165, 1.54) is 0 Å². The molecule has 0 aromatic heterocycles. The molecule has 1 heterocycles. The first-order valence-electron chi connectivity index (χ1n) is 3.08. The van der Waals surface area contributed by atoms with Crippen molar-refractivity contribution in [3.63, 3.8) is 0 Å². The van der Waals surface area contributed by atoms with Gasteiger partial charge in [-0.3, -0.25) is 15.4 Å². The number of hydrogen-bond donors (Lipinski definition) is 1. The Labute approximate surface area is 60.7 Å². The molecule has 0 fully saturated rings. The Balaban J connectivity index is 2.78. The van der Waals surface area contributed by atoms with Crippen molar-refractivity contribution in [2.45, 2.75) is 0 Å². The number of nitrogens with one attached hydrogen (secondary N) is 1. The summed E-state index contributed by atoms with van der Waals surface area (Å²) in [7, 11) is 3.64. The third kappa shape index (κ3) is 1.18. The first-order chi connectivity index (χ1) is 4.74. The normalized spacial score (nSPS) is 21.6. The van der Waals surface area contributed by atoms with Crippen LogP contribution in [-0.2, 0) is 0 Å². The van der Waals surface area contributed by atoms with Gasteiger partial charge >= 0.3 is 0 Å². The van der Waals surface area contributed by atoms with Crippen molar-refractivity contribution in [3.8, 4) is 0 Å². The van der Waals surface area contributed by atoms with Gasteiger partial charge in [-0.25, -0.2) is 0 Å². The highest BCUT2D eigenvalue weighted by Crippen LogP contribution is 2.01. The van der Waals surface area contributed by atoms with E-state index in [2.05, 4.69) is 17.0 Å². The second-order valence-electron chi connectivity index (χ2n) is 2.10. The number of hydrogen-bond acceptors (Lipinski definition) is 2. The fraction of sp³-hybridized carbons (Fsp3) is 0.286. The number of aliphatic imine (C=N–C) groups is 1. The topological polar surface area (TPSA) is 27.6 Å². The minimum atomic E-state index is 0.856. The van der Waals surface area contributed by atoms with Crippen molar-refractivity contribution in [2.75, 3.05) is 14.1 Å². The molecule has 0 unspecified atom stereocenters. The van der Waals surface area contributed by atoms with Crippen molar-refractivity contribution < 1.29 is 0 Å². The van der Waals surface area contributed by atoms with Crippen LogP contribution >= 0.6 is 0 Å². The summed E-state index contributed by atoms with van der Waals surface area (Å²) in [6, 6.07) is 0. The van der Waals surface area contributed by atoms with E-state index >= 15 is 0 Å². The highest BCUT2D eigenvalue weighted by atomic mass is 15.5. The maximum Gasteiger partial charge on any atom is 0.139 e. The van der Waals surface area contributed by atoms with Gasteiger partial charge in [-0.1, -0.05) is 6.58 Å². The number of amidine groups is 1. The van der Waals surface area contributed by atoms with Crippen LogP contribution in [0.1, 0.15) is 0 Å². The monoisotopic (exact) mass is 137 g/mol. The minimum Gasteiger partial charge on any atom is -0.290 e. The number of likely N-dealkylation sites (N-methyl/N-ethyl adjacent to an activating group) is 1. The molecule has 0 amide bonds. The Morgan fingerprint density at radius 2 is 2.30 bits per heavy atom. The van der Waals surface area contributed by atoms with Crippen molar-refractivity contribution >= 4 is 5.84 Å². The Morgan fingerprint density at radius 3 is 2.80 bits per heavy atom. The van der Waals surface area contributed by atoms with E-state index in [1.807, 2.05) is 24.2 Å². The second kappa shape index (κ2) is 2.56. The molecule has 54 valence electrons. The Bertz CT molecular complexity index is 203. The van der Waals surface area contributed by atoms with Crippen LogP contribution in [0.15, 0.2) is 29.4 Å². The molecule has 3 heteroatoms. The van der Waals surface area contributed by atoms with Crippen LogP contribution in [0, 0.1) is 0 Å². The molecule has 0 aromatic rings. The molecule has 3 nitrogen and oxygen atoms in total. The lowest BCUT2D eigenvalue weighted by molar-refractivity contribution is 0.381. The van der Waals surface area contributed by atoms with Gasteiger partial charge < -0.3 is 0 Å². The van der Waals surface area contributed by atoms with Gasteiger partial charge in [0.1, 0.15) is 5.84 Å². The first-order valence-corrected chi connectivity index (χ1v) is 3.08. The lowest BCUT2D eigenvalue weighted by Crippen LogP contribution is -2.39. The van der Waals surface area contributed by atoms with Crippen molar-refractivity contribution in [1.82, 2.24) is 10.4 Å². The molecule has 1 N–H and O–H groups in total. The Kier molecular flexibility index (Phi) is 1.76. The molecule has 10 heavy (non-hydrogen) atoms. The molecule has 1 aliphatic heterocycles. The molecule has 0 bridgehead atoms. The third-order valence-corrected chi connectivity index (χ3v) is 1.39. The predicted octanol–water partition coefficient (Wildman–Crippen LogP) is 0.535. The van der Waals surface area contributed by atoms with Gasteiger partial charge in [-0.15, -0.1) is 0 Å². The molecule has 0 aliphatic carbocycles. The average molecular weight is 137 g/mol. The van der Waals surface area contributed by atoms with E-state index in [0.29, 0.717) is 0 Å². The van der Waals surface area contributed by atoms with Gasteiger partial charge in [-0.05, 0) is 12.2 Å². The summed E-state index contributed by atoms with van der Waals surface area (Å²) < 4.78 is 0. The van der Waals surface area contributed by atoms with Gasteiger partial charge in [0.2, 0.25) is 0 Å². The van der Waals surface area contributed by atoms with E-state index in [0.717, 1.165) is 11.5 Å². The molecular formula is C7H11N3. The molecule has 0 aromatic carbocycles. The van der Waals surface area contributed by atoms with Crippen LogP contribution in [0.3, 0.4) is 0 Å². The van der Waals surface area contributed by atoms with Gasteiger partial charge in [-0.2, -0.15) is 0 Å². The standard InChI is InChI=1S/C7H11N3/c1-6-4-5-7(8-2)9-10(6)3/h4-5H,1H2,2-3H3,(H,8,9). The van der Waals surface area contributed by atoms with Crippen LogP contribution in [0.2, 0.25) is 0 Å². The molecular weight excluding hydrogens is 126 g/mol. The number of rotatable bonds is 0. The molecule has 0 atom stereocenters. The number of allylic oxidation sites excluding steroid dienone is 1. The zero-order valence-electron chi connectivity index (χ0n) is 6.26. The van der Waals surface area contributed by atoms with Gasteiger partial charge in [0.05, 0.1) is 0 Å². The number of hydrazine groups is 1. The summed E-state index contributed by atoms with van der Waals surface area (Å²) in [4.78, 5) is 3.97. The summed E-state index contributed by atoms with van der Waals surface area (Å²) >= 11 is 0. The van der Waals surface area contributed by atoms with Gasteiger partial charge in [0.15, 0.2) is 0 Å². The van der Waals surface area contributed by atoms with Crippen LogP contribution in [-0.4, -0.2) is 24.9 Å². The molecule has 1 aliphatic rings. The van der Waals surface area contributed by atoms with Crippen molar-refractivity contribution in [1.29, 1.82) is 0 Å². The van der Waals surface area contributed by atoms with Crippen molar-refractivity contribution in [2.24, 2.45) is 4.99 Å². The summed E-state index contributed by atoms with van der Waals surface area (Å²) in [6.45, 7) is 3.79. The Morgan fingerprint density at radius 1 is 1.60 bits per heavy atom. The molecule has 0 saturated heterocycles. The van der Waals surface area contributed by atoms with Crippen LogP contribution in [0.5, 0.6) is 0 Å². The fourth-order valence-corrected chi connectivity index (χ4v) is 0.692. The largest absolute Gasteiger partial charge is 0.290 e. The third-order valence-electron chi connectivity index (χ3n) is 1.39.